The minimum atomic E-state index is -0.0916. The van der Waals surface area contributed by atoms with Gasteiger partial charge in [-0.15, -0.1) is 11.8 Å². The molecule has 0 saturated heterocycles. The Bertz CT molecular complexity index is 341. The molecule has 0 fully saturated rings. The lowest BCUT2D eigenvalue weighted by Gasteiger charge is -2.14. The summed E-state index contributed by atoms with van der Waals surface area (Å²) in [7, 11) is 0. The molecule has 1 atom stereocenters. The molecule has 0 amide bonds. The number of benzene rings is 1. The monoisotopic (exact) mass is 255 g/mol. The van der Waals surface area contributed by atoms with Crippen molar-refractivity contribution >= 4 is 11.8 Å². The van der Waals surface area contributed by atoms with E-state index >= 15 is 0 Å². The Morgan fingerprint density at radius 2 is 2.12 bits per heavy atom. The molecular formula is C14H22FNS. The van der Waals surface area contributed by atoms with Gasteiger partial charge in [0.1, 0.15) is 5.82 Å². The molecule has 1 N–H and O–H groups in total. The number of thioether (sulfide) groups is 1. The van der Waals surface area contributed by atoms with Crippen LogP contribution in [0, 0.1) is 5.82 Å². The van der Waals surface area contributed by atoms with Gasteiger partial charge in [-0.25, -0.2) is 4.39 Å². The SMILES string of the molecule is CCCNCc1cccc(F)c1SC(C)CC. The van der Waals surface area contributed by atoms with Crippen LogP contribution in [0.1, 0.15) is 39.2 Å². The molecule has 0 saturated carbocycles. The second-order valence-electron chi connectivity index (χ2n) is 4.24. The first-order valence-electron chi connectivity index (χ1n) is 6.33. The standard InChI is InChI=1S/C14H22FNS/c1-4-9-16-10-12-7-6-8-13(15)14(12)17-11(3)5-2/h6-8,11,16H,4-5,9-10H2,1-3H3. The molecule has 1 rings (SSSR count). The van der Waals surface area contributed by atoms with Crippen molar-refractivity contribution in [3.05, 3.63) is 29.6 Å². The summed E-state index contributed by atoms with van der Waals surface area (Å²) >= 11 is 1.64. The van der Waals surface area contributed by atoms with Crippen LogP contribution in [0.25, 0.3) is 0 Å². The van der Waals surface area contributed by atoms with Gasteiger partial charge in [0.25, 0.3) is 0 Å². The highest BCUT2D eigenvalue weighted by Gasteiger charge is 2.11. The highest BCUT2D eigenvalue weighted by molar-refractivity contribution is 8.00. The quantitative estimate of drug-likeness (QED) is 0.578. The van der Waals surface area contributed by atoms with E-state index < -0.39 is 0 Å². The van der Waals surface area contributed by atoms with E-state index in [0.29, 0.717) is 5.25 Å². The van der Waals surface area contributed by atoms with Crippen LogP contribution in [-0.2, 0) is 6.54 Å². The molecule has 0 spiro atoms. The first-order valence-corrected chi connectivity index (χ1v) is 7.21. The molecule has 0 bridgehead atoms. The van der Waals surface area contributed by atoms with E-state index in [1.54, 1.807) is 23.9 Å². The van der Waals surface area contributed by atoms with Gasteiger partial charge in [-0.05, 0) is 31.0 Å². The van der Waals surface area contributed by atoms with Crippen molar-refractivity contribution in [2.45, 2.75) is 50.3 Å². The van der Waals surface area contributed by atoms with Crippen molar-refractivity contribution in [1.29, 1.82) is 0 Å². The average Bonchev–Trinajstić information content (AvgIpc) is 2.33. The van der Waals surface area contributed by atoms with Crippen LogP contribution in [0.5, 0.6) is 0 Å². The lowest BCUT2D eigenvalue weighted by atomic mass is 10.2. The van der Waals surface area contributed by atoms with Crippen LogP contribution in [0.2, 0.25) is 0 Å². The van der Waals surface area contributed by atoms with Gasteiger partial charge in [0.05, 0.1) is 0 Å². The van der Waals surface area contributed by atoms with Crippen LogP contribution in [0.15, 0.2) is 23.1 Å². The Labute approximate surface area is 108 Å². The lowest BCUT2D eigenvalue weighted by Crippen LogP contribution is -2.15. The summed E-state index contributed by atoms with van der Waals surface area (Å²) < 4.78 is 13.8. The van der Waals surface area contributed by atoms with Gasteiger partial charge in [0, 0.05) is 16.7 Å². The molecule has 1 unspecified atom stereocenters. The molecule has 3 heteroatoms. The highest BCUT2D eigenvalue weighted by Crippen LogP contribution is 2.30. The van der Waals surface area contributed by atoms with Crippen molar-refractivity contribution in [2.24, 2.45) is 0 Å². The second kappa shape index (κ2) is 7.72. The highest BCUT2D eigenvalue weighted by atomic mass is 32.2. The van der Waals surface area contributed by atoms with Gasteiger partial charge < -0.3 is 5.32 Å². The third kappa shape index (κ3) is 4.68. The average molecular weight is 255 g/mol. The van der Waals surface area contributed by atoms with Crippen molar-refractivity contribution in [1.82, 2.24) is 5.32 Å². The fraction of sp³-hybridized carbons (Fsp3) is 0.571. The molecule has 0 aliphatic heterocycles. The van der Waals surface area contributed by atoms with E-state index in [1.165, 1.54) is 0 Å². The van der Waals surface area contributed by atoms with Crippen LogP contribution >= 0.6 is 11.8 Å². The largest absolute Gasteiger partial charge is 0.313 e. The first kappa shape index (κ1) is 14.5. The van der Waals surface area contributed by atoms with Gasteiger partial charge in [0.2, 0.25) is 0 Å². The summed E-state index contributed by atoms with van der Waals surface area (Å²) in [5.41, 5.74) is 1.07. The fourth-order valence-electron chi connectivity index (χ4n) is 1.51. The van der Waals surface area contributed by atoms with Crippen molar-refractivity contribution in [2.75, 3.05) is 6.54 Å². The Kier molecular flexibility index (Phi) is 6.60. The minimum absolute atomic E-state index is 0.0916. The molecule has 0 aliphatic rings. The van der Waals surface area contributed by atoms with Crippen LogP contribution in [0.4, 0.5) is 4.39 Å². The third-order valence-electron chi connectivity index (χ3n) is 2.68. The fourth-order valence-corrected chi connectivity index (χ4v) is 2.55. The molecule has 0 radical (unpaired) electrons. The van der Waals surface area contributed by atoms with E-state index in [9.17, 15) is 4.39 Å². The van der Waals surface area contributed by atoms with E-state index in [0.717, 1.165) is 36.4 Å². The summed E-state index contributed by atoms with van der Waals surface area (Å²) in [6.07, 6.45) is 2.16. The zero-order valence-electron chi connectivity index (χ0n) is 10.9. The minimum Gasteiger partial charge on any atom is -0.313 e. The van der Waals surface area contributed by atoms with Crippen molar-refractivity contribution in [3.8, 4) is 0 Å². The molecule has 1 aromatic rings. The molecule has 1 aromatic carbocycles. The van der Waals surface area contributed by atoms with Crippen molar-refractivity contribution < 1.29 is 4.39 Å². The maximum absolute atomic E-state index is 13.8. The van der Waals surface area contributed by atoms with E-state index in [4.69, 9.17) is 0 Å². The van der Waals surface area contributed by atoms with Gasteiger partial charge in [-0.1, -0.05) is 32.9 Å². The summed E-state index contributed by atoms with van der Waals surface area (Å²) in [6, 6.07) is 5.35. The summed E-state index contributed by atoms with van der Waals surface area (Å²) in [6.45, 7) is 8.13. The molecule has 0 aromatic heterocycles. The Morgan fingerprint density at radius 3 is 2.76 bits per heavy atom. The number of hydrogen-bond donors (Lipinski definition) is 1. The molecule has 17 heavy (non-hydrogen) atoms. The molecule has 0 aliphatic carbocycles. The third-order valence-corrected chi connectivity index (χ3v) is 4.11. The zero-order valence-corrected chi connectivity index (χ0v) is 11.7. The number of nitrogens with one attached hydrogen (secondary N) is 1. The topological polar surface area (TPSA) is 12.0 Å². The van der Waals surface area contributed by atoms with Gasteiger partial charge in [-0.2, -0.15) is 0 Å². The molecule has 0 heterocycles. The Hall–Kier alpha value is -0.540. The predicted molar refractivity (Wildman–Crippen MR) is 74.0 cm³/mol. The number of hydrogen-bond acceptors (Lipinski definition) is 2. The van der Waals surface area contributed by atoms with Gasteiger partial charge in [-0.3, -0.25) is 0 Å². The number of rotatable bonds is 7. The maximum atomic E-state index is 13.8. The van der Waals surface area contributed by atoms with E-state index in [2.05, 4.69) is 26.1 Å². The molecule has 1 nitrogen and oxygen atoms in total. The van der Waals surface area contributed by atoms with Crippen molar-refractivity contribution in [3.63, 3.8) is 0 Å². The van der Waals surface area contributed by atoms with Gasteiger partial charge >= 0.3 is 0 Å². The lowest BCUT2D eigenvalue weighted by molar-refractivity contribution is 0.588. The van der Waals surface area contributed by atoms with Crippen LogP contribution < -0.4 is 5.32 Å². The molecule has 96 valence electrons. The normalized spacial score (nSPS) is 12.7. The smallest absolute Gasteiger partial charge is 0.137 e. The van der Waals surface area contributed by atoms with E-state index in [-0.39, 0.29) is 5.82 Å². The summed E-state index contributed by atoms with van der Waals surface area (Å²) in [5.74, 6) is -0.0916. The van der Waals surface area contributed by atoms with Crippen LogP contribution in [0.3, 0.4) is 0 Å². The second-order valence-corrected chi connectivity index (χ2v) is 5.69. The zero-order chi connectivity index (χ0) is 12.7. The summed E-state index contributed by atoms with van der Waals surface area (Å²) in [5, 5.41) is 3.79. The van der Waals surface area contributed by atoms with E-state index in [1.807, 2.05) is 6.07 Å². The molecular weight excluding hydrogens is 233 g/mol. The first-order chi connectivity index (χ1) is 8.19. The predicted octanol–water partition coefficient (Wildman–Crippen LogP) is 4.22. The van der Waals surface area contributed by atoms with Gasteiger partial charge in [0.15, 0.2) is 0 Å². The Balaban J connectivity index is 2.76. The van der Waals surface area contributed by atoms with Crippen LogP contribution in [-0.4, -0.2) is 11.8 Å². The Morgan fingerprint density at radius 1 is 1.35 bits per heavy atom. The number of halogens is 1. The summed E-state index contributed by atoms with van der Waals surface area (Å²) in [4.78, 5) is 0.811. The maximum Gasteiger partial charge on any atom is 0.137 e.